The molecular weight excluding hydrogens is 308 g/mol. The zero-order chi connectivity index (χ0) is 17.7. The number of hydrogen-bond donors (Lipinski definition) is 2. The number of carbonyl (C=O) groups is 2. The fourth-order valence-corrected chi connectivity index (χ4v) is 1.96. The lowest BCUT2D eigenvalue weighted by Crippen LogP contribution is -2.30. The Bertz CT molecular complexity index is 807. The minimum atomic E-state index is -1.05. The first-order valence-electron chi connectivity index (χ1n) is 7.22. The van der Waals surface area contributed by atoms with Crippen molar-refractivity contribution in [3.05, 3.63) is 59.2 Å². The number of phenols is 1. The summed E-state index contributed by atoms with van der Waals surface area (Å²) in [5.41, 5.74) is 1.76. The van der Waals surface area contributed by atoms with Crippen molar-refractivity contribution in [3.8, 4) is 11.8 Å². The molecule has 0 saturated carbocycles. The molecule has 24 heavy (non-hydrogen) atoms. The Kier molecular flexibility index (Phi) is 5.17. The molecule has 0 spiro atoms. The Morgan fingerprint density at radius 3 is 2.46 bits per heavy atom. The normalized spacial score (nSPS) is 11.2. The van der Waals surface area contributed by atoms with Crippen LogP contribution in [0.1, 0.15) is 28.4 Å². The van der Waals surface area contributed by atoms with Gasteiger partial charge in [-0.3, -0.25) is 4.79 Å². The highest BCUT2D eigenvalue weighted by atomic mass is 16.5. The summed E-state index contributed by atoms with van der Waals surface area (Å²) in [7, 11) is 0. The van der Waals surface area contributed by atoms with Crippen LogP contribution >= 0.6 is 0 Å². The summed E-state index contributed by atoms with van der Waals surface area (Å²) in [6.45, 7) is 3.21. The van der Waals surface area contributed by atoms with Crippen molar-refractivity contribution in [2.24, 2.45) is 0 Å². The first-order valence-corrected chi connectivity index (χ1v) is 7.22. The summed E-state index contributed by atoms with van der Waals surface area (Å²) in [6, 6.07) is 12.8. The highest BCUT2D eigenvalue weighted by Gasteiger charge is 2.21. The van der Waals surface area contributed by atoms with Gasteiger partial charge in [0.25, 0.3) is 5.91 Å². The zero-order valence-corrected chi connectivity index (χ0v) is 13.2. The Labute approximate surface area is 139 Å². The molecule has 2 aromatic rings. The smallest absolute Gasteiger partial charge is 0.342 e. The summed E-state index contributed by atoms with van der Waals surface area (Å²) in [5, 5.41) is 21.1. The van der Waals surface area contributed by atoms with Gasteiger partial charge in [-0.15, -0.1) is 0 Å². The number of aromatic hydroxyl groups is 1. The molecular formula is C18H16N2O4. The topological polar surface area (TPSA) is 99.4 Å². The van der Waals surface area contributed by atoms with Crippen molar-refractivity contribution in [1.82, 2.24) is 0 Å². The van der Waals surface area contributed by atoms with Crippen LogP contribution in [-0.2, 0) is 9.53 Å². The van der Waals surface area contributed by atoms with Gasteiger partial charge in [0.2, 0.25) is 0 Å². The number of benzene rings is 2. The van der Waals surface area contributed by atoms with Gasteiger partial charge in [0.05, 0.1) is 11.6 Å². The van der Waals surface area contributed by atoms with Gasteiger partial charge in [-0.1, -0.05) is 6.07 Å². The lowest BCUT2D eigenvalue weighted by molar-refractivity contribution is -0.123. The van der Waals surface area contributed by atoms with Crippen LogP contribution in [0, 0.1) is 18.3 Å². The average molecular weight is 324 g/mol. The van der Waals surface area contributed by atoms with Gasteiger partial charge in [0.15, 0.2) is 6.10 Å². The quantitative estimate of drug-likeness (QED) is 0.842. The van der Waals surface area contributed by atoms with Gasteiger partial charge >= 0.3 is 5.97 Å². The molecule has 6 heteroatoms. The number of phenolic OH excluding ortho intramolecular Hbond substituents is 1. The highest BCUT2D eigenvalue weighted by Crippen LogP contribution is 2.20. The molecule has 2 aromatic carbocycles. The third kappa shape index (κ3) is 4.11. The molecule has 0 heterocycles. The third-order valence-electron chi connectivity index (χ3n) is 3.31. The Balaban J connectivity index is 2.00. The molecule has 0 radical (unpaired) electrons. The second-order valence-electron chi connectivity index (χ2n) is 5.25. The predicted octanol–water partition coefficient (Wildman–Crippen LogP) is 2.76. The van der Waals surface area contributed by atoms with E-state index in [1.54, 1.807) is 37.3 Å². The van der Waals surface area contributed by atoms with Crippen LogP contribution in [0.3, 0.4) is 0 Å². The Morgan fingerprint density at radius 1 is 1.21 bits per heavy atom. The summed E-state index contributed by atoms with van der Waals surface area (Å²) >= 11 is 0. The highest BCUT2D eigenvalue weighted by molar-refractivity contribution is 5.98. The molecule has 0 aliphatic carbocycles. The third-order valence-corrected chi connectivity index (χ3v) is 3.31. The van der Waals surface area contributed by atoms with E-state index in [0.717, 1.165) is 5.56 Å². The standard InChI is InChI=1S/C18H16N2O4/c1-11-3-8-15(16(21)9-11)18(23)24-12(2)17(22)20-14-6-4-13(10-19)5-7-14/h3-9,12,21H,1-2H3,(H,20,22)/t12-/m0/s1. The first kappa shape index (κ1) is 17.0. The summed E-state index contributed by atoms with van der Waals surface area (Å²) in [4.78, 5) is 24.1. The van der Waals surface area contributed by atoms with E-state index >= 15 is 0 Å². The van der Waals surface area contributed by atoms with E-state index < -0.39 is 18.0 Å². The molecule has 0 unspecified atom stereocenters. The van der Waals surface area contributed by atoms with Crippen LogP contribution in [-0.4, -0.2) is 23.1 Å². The van der Waals surface area contributed by atoms with E-state index in [4.69, 9.17) is 10.00 Å². The second-order valence-corrected chi connectivity index (χ2v) is 5.25. The number of nitrogens with zero attached hydrogens (tertiary/aromatic N) is 1. The number of aryl methyl sites for hydroxylation is 1. The molecule has 0 fully saturated rings. The van der Waals surface area contributed by atoms with Crippen LogP contribution in [0.2, 0.25) is 0 Å². The monoisotopic (exact) mass is 324 g/mol. The van der Waals surface area contributed by atoms with Crippen molar-refractivity contribution in [2.75, 3.05) is 5.32 Å². The summed E-state index contributed by atoms with van der Waals surface area (Å²) in [5.74, 6) is -1.49. The fourth-order valence-electron chi connectivity index (χ4n) is 1.96. The average Bonchev–Trinajstić information content (AvgIpc) is 2.55. The van der Waals surface area contributed by atoms with Gasteiger partial charge in [-0.05, 0) is 55.8 Å². The van der Waals surface area contributed by atoms with Gasteiger partial charge in [0.1, 0.15) is 11.3 Å². The van der Waals surface area contributed by atoms with Crippen LogP contribution < -0.4 is 5.32 Å². The molecule has 2 N–H and O–H groups in total. The lowest BCUT2D eigenvalue weighted by atomic mass is 10.1. The van der Waals surface area contributed by atoms with E-state index in [1.807, 2.05) is 6.07 Å². The van der Waals surface area contributed by atoms with Crippen LogP contribution in [0.25, 0.3) is 0 Å². The van der Waals surface area contributed by atoms with Crippen molar-refractivity contribution in [1.29, 1.82) is 5.26 Å². The maximum atomic E-state index is 12.1. The minimum Gasteiger partial charge on any atom is -0.507 e. The number of nitriles is 1. The number of amides is 1. The largest absolute Gasteiger partial charge is 0.507 e. The Hall–Kier alpha value is -3.33. The molecule has 0 aliphatic heterocycles. The molecule has 2 rings (SSSR count). The molecule has 1 atom stereocenters. The number of ether oxygens (including phenoxy) is 1. The molecule has 0 aromatic heterocycles. The molecule has 122 valence electrons. The van der Waals surface area contributed by atoms with Crippen LogP contribution in [0.15, 0.2) is 42.5 Å². The number of carbonyl (C=O) groups excluding carboxylic acids is 2. The molecule has 6 nitrogen and oxygen atoms in total. The van der Waals surface area contributed by atoms with Gasteiger partial charge < -0.3 is 15.2 Å². The van der Waals surface area contributed by atoms with Crippen LogP contribution in [0.4, 0.5) is 5.69 Å². The summed E-state index contributed by atoms with van der Waals surface area (Å²) < 4.78 is 5.07. The van der Waals surface area contributed by atoms with Gasteiger partial charge in [0, 0.05) is 5.69 Å². The maximum absolute atomic E-state index is 12.1. The molecule has 0 bridgehead atoms. The number of rotatable bonds is 4. The molecule has 0 aliphatic rings. The van der Waals surface area contributed by atoms with Gasteiger partial charge in [-0.2, -0.15) is 5.26 Å². The van der Waals surface area contributed by atoms with E-state index in [0.29, 0.717) is 11.3 Å². The Morgan fingerprint density at radius 2 is 1.88 bits per heavy atom. The van der Waals surface area contributed by atoms with Crippen molar-refractivity contribution in [3.63, 3.8) is 0 Å². The van der Waals surface area contributed by atoms with Crippen molar-refractivity contribution >= 4 is 17.6 Å². The van der Waals surface area contributed by atoms with Gasteiger partial charge in [-0.25, -0.2) is 4.79 Å². The molecule has 0 saturated heterocycles. The summed E-state index contributed by atoms with van der Waals surface area (Å²) in [6.07, 6.45) is -1.05. The van der Waals surface area contributed by atoms with E-state index in [1.165, 1.54) is 19.1 Å². The SMILES string of the molecule is Cc1ccc(C(=O)O[C@@H](C)C(=O)Nc2ccc(C#N)cc2)c(O)c1. The number of hydrogen-bond acceptors (Lipinski definition) is 5. The van der Waals surface area contributed by atoms with Crippen LogP contribution in [0.5, 0.6) is 5.75 Å². The fraction of sp³-hybridized carbons (Fsp3) is 0.167. The minimum absolute atomic E-state index is 0.00127. The first-order chi connectivity index (χ1) is 11.4. The van der Waals surface area contributed by atoms with E-state index in [-0.39, 0.29) is 11.3 Å². The maximum Gasteiger partial charge on any atom is 0.342 e. The predicted molar refractivity (Wildman–Crippen MR) is 87.5 cm³/mol. The second kappa shape index (κ2) is 7.29. The number of nitrogens with one attached hydrogen (secondary N) is 1. The number of anilines is 1. The van der Waals surface area contributed by atoms with Crippen molar-refractivity contribution in [2.45, 2.75) is 20.0 Å². The number of esters is 1. The van der Waals surface area contributed by atoms with E-state index in [2.05, 4.69) is 5.32 Å². The molecule has 1 amide bonds. The van der Waals surface area contributed by atoms with Crippen molar-refractivity contribution < 1.29 is 19.4 Å². The lowest BCUT2D eigenvalue weighted by Gasteiger charge is -2.14. The zero-order valence-electron chi connectivity index (χ0n) is 13.2. The van der Waals surface area contributed by atoms with E-state index in [9.17, 15) is 14.7 Å².